The van der Waals surface area contributed by atoms with Crippen molar-refractivity contribution in [1.29, 1.82) is 0 Å². The molecule has 2 rings (SSSR count). The topological polar surface area (TPSA) is 29.1 Å². The van der Waals surface area contributed by atoms with Crippen LogP contribution >= 0.6 is 0 Å². The van der Waals surface area contributed by atoms with Gasteiger partial charge < -0.3 is 5.32 Å². The van der Waals surface area contributed by atoms with E-state index in [2.05, 4.69) is 0 Å². The third-order valence-corrected chi connectivity index (χ3v) is 2.80. The maximum atomic E-state index is 14.0. The van der Waals surface area contributed by atoms with E-state index in [1.807, 2.05) is 11.4 Å². The van der Waals surface area contributed by atoms with Crippen molar-refractivity contribution in [3.05, 3.63) is 65.7 Å². The van der Waals surface area contributed by atoms with Gasteiger partial charge in [0.2, 0.25) is 0 Å². The lowest BCUT2D eigenvalue weighted by Crippen LogP contribution is -2.32. The van der Waals surface area contributed by atoms with Crippen molar-refractivity contribution in [3.8, 4) is 0 Å². The third-order valence-electron chi connectivity index (χ3n) is 2.80. The van der Waals surface area contributed by atoms with Crippen molar-refractivity contribution < 1.29 is 26.7 Å². The molecule has 0 saturated heterocycles. The number of amides is 1. The van der Waals surface area contributed by atoms with E-state index in [1.54, 1.807) is 6.07 Å². The summed E-state index contributed by atoms with van der Waals surface area (Å²) >= 11 is 0. The summed E-state index contributed by atoms with van der Waals surface area (Å²) in [5, 5.41) is 1.95. The van der Waals surface area contributed by atoms with Crippen LogP contribution in [0.25, 0.3) is 0 Å². The molecule has 0 aliphatic heterocycles. The van der Waals surface area contributed by atoms with Gasteiger partial charge in [-0.2, -0.15) is 22.0 Å². The Labute approximate surface area is 122 Å². The molecule has 0 unspecified atom stereocenters. The van der Waals surface area contributed by atoms with Crippen molar-refractivity contribution in [2.75, 3.05) is 5.32 Å². The predicted molar refractivity (Wildman–Crippen MR) is 69.2 cm³/mol. The Hall–Kier alpha value is -2.44. The standard InChI is InChI=1S/C15H9F5NO/c16-14(17,13(22)21-12-7-2-1-3-8-12)10-5-4-6-11(9-10)15(18,19)20/h1-3,5-9H,(H,21,22). The monoisotopic (exact) mass is 314 g/mol. The summed E-state index contributed by atoms with van der Waals surface area (Å²) in [6.45, 7) is 0. The van der Waals surface area contributed by atoms with Crippen molar-refractivity contribution >= 4 is 11.6 Å². The fourth-order valence-electron chi connectivity index (χ4n) is 1.68. The van der Waals surface area contributed by atoms with Crippen LogP contribution < -0.4 is 5.32 Å². The molecule has 115 valence electrons. The van der Waals surface area contributed by atoms with Crippen LogP contribution in [0, 0.1) is 6.07 Å². The summed E-state index contributed by atoms with van der Waals surface area (Å²) < 4.78 is 65.6. The van der Waals surface area contributed by atoms with Crippen molar-refractivity contribution in [3.63, 3.8) is 0 Å². The van der Waals surface area contributed by atoms with Crippen LogP contribution in [0.1, 0.15) is 11.1 Å². The zero-order valence-corrected chi connectivity index (χ0v) is 10.9. The highest BCUT2D eigenvalue weighted by atomic mass is 19.4. The number of carbonyl (C=O) groups is 1. The van der Waals surface area contributed by atoms with E-state index in [4.69, 9.17) is 0 Å². The lowest BCUT2D eigenvalue weighted by atomic mass is 10.0. The SMILES string of the molecule is O=C(Nc1ccccc1)C(F)(F)c1c[c]cc(C(F)(F)F)c1. The van der Waals surface area contributed by atoms with E-state index in [1.165, 1.54) is 24.3 Å². The zero-order chi connectivity index (χ0) is 16.4. The molecular weight excluding hydrogens is 305 g/mol. The molecule has 0 saturated carbocycles. The molecule has 7 heteroatoms. The lowest BCUT2D eigenvalue weighted by Gasteiger charge is -2.17. The molecule has 2 aromatic carbocycles. The summed E-state index contributed by atoms with van der Waals surface area (Å²) in [6.07, 6.45) is -4.79. The van der Waals surface area contributed by atoms with Crippen molar-refractivity contribution in [2.45, 2.75) is 12.1 Å². The second-order valence-electron chi connectivity index (χ2n) is 4.40. The maximum absolute atomic E-state index is 14.0. The van der Waals surface area contributed by atoms with Crippen LogP contribution in [0.5, 0.6) is 0 Å². The number of hydrogen-bond donors (Lipinski definition) is 1. The molecule has 1 amide bonds. The predicted octanol–water partition coefficient (Wildman–Crippen LogP) is 4.24. The van der Waals surface area contributed by atoms with Gasteiger partial charge in [-0.05, 0) is 36.4 Å². The van der Waals surface area contributed by atoms with Crippen LogP contribution in [-0.2, 0) is 16.9 Å². The zero-order valence-electron chi connectivity index (χ0n) is 10.9. The largest absolute Gasteiger partial charge is 0.416 e. The average Bonchev–Trinajstić information content (AvgIpc) is 2.47. The minimum atomic E-state index is -4.79. The molecule has 1 N–H and O–H groups in total. The second-order valence-corrected chi connectivity index (χ2v) is 4.40. The number of halogens is 5. The number of nitrogens with one attached hydrogen (secondary N) is 1. The number of hydrogen-bond acceptors (Lipinski definition) is 1. The molecule has 22 heavy (non-hydrogen) atoms. The number of rotatable bonds is 3. The molecule has 0 spiro atoms. The van der Waals surface area contributed by atoms with Crippen molar-refractivity contribution in [1.82, 2.24) is 0 Å². The number of para-hydroxylation sites is 1. The number of benzene rings is 2. The Bertz CT molecular complexity index is 667. The minimum absolute atomic E-state index is 0.114. The molecule has 0 aliphatic rings. The van der Waals surface area contributed by atoms with Gasteiger partial charge in [0.15, 0.2) is 0 Å². The molecule has 0 aromatic heterocycles. The van der Waals surface area contributed by atoms with E-state index >= 15 is 0 Å². The van der Waals surface area contributed by atoms with Crippen LogP contribution in [-0.4, -0.2) is 5.91 Å². The normalized spacial score (nSPS) is 12.0. The second kappa shape index (κ2) is 5.75. The molecule has 0 bridgehead atoms. The van der Waals surface area contributed by atoms with Gasteiger partial charge >= 0.3 is 12.1 Å². The Kier molecular flexibility index (Phi) is 4.16. The van der Waals surface area contributed by atoms with Gasteiger partial charge in [0.05, 0.1) is 5.56 Å². The Balaban J connectivity index is 2.28. The van der Waals surface area contributed by atoms with E-state index in [-0.39, 0.29) is 11.8 Å². The van der Waals surface area contributed by atoms with Gasteiger partial charge in [-0.3, -0.25) is 4.79 Å². The number of carbonyl (C=O) groups excluding carboxylic acids is 1. The summed E-state index contributed by atoms with van der Waals surface area (Å²) in [7, 11) is 0. The van der Waals surface area contributed by atoms with Crippen LogP contribution in [0.15, 0.2) is 48.5 Å². The molecule has 0 fully saturated rings. The summed E-state index contributed by atoms with van der Waals surface area (Å²) in [5.74, 6) is -5.83. The first-order chi connectivity index (χ1) is 10.2. The Morgan fingerprint density at radius 3 is 2.14 bits per heavy atom. The molecule has 2 aromatic rings. The molecule has 0 heterocycles. The molecule has 0 aliphatic carbocycles. The summed E-state index contributed by atoms with van der Waals surface area (Å²) in [6, 6.07) is 10.8. The van der Waals surface area contributed by atoms with Crippen LogP contribution in [0.3, 0.4) is 0 Å². The van der Waals surface area contributed by atoms with Gasteiger partial charge in [0, 0.05) is 11.3 Å². The van der Waals surface area contributed by atoms with E-state index < -0.39 is 29.1 Å². The minimum Gasteiger partial charge on any atom is -0.321 e. The first-order valence-corrected chi connectivity index (χ1v) is 6.04. The fourth-order valence-corrected chi connectivity index (χ4v) is 1.68. The molecule has 0 atom stereocenters. The quantitative estimate of drug-likeness (QED) is 0.844. The van der Waals surface area contributed by atoms with Crippen molar-refractivity contribution in [2.24, 2.45) is 0 Å². The van der Waals surface area contributed by atoms with E-state index in [0.717, 1.165) is 0 Å². The van der Waals surface area contributed by atoms with E-state index in [9.17, 15) is 26.7 Å². The summed E-state index contributed by atoms with van der Waals surface area (Å²) in [4.78, 5) is 11.6. The maximum Gasteiger partial charge on any atom is 0.416 e. The highest BCUT2D eigenvalue weighted by Crippen LogP contribution is 2.35. The van der Waals surface area contributed by atoms with E-state index in [0.29, 0.717) is 12.1 Å². The average molecular weight is 314 g/mol. The van der Waals surface area contributed by atoms with Crippen LogP contribution in [0.2, 0.25) is 0 Å². The van der Waals surface area contributed by atoms with Gasteiger partial charge in [0.25, 0.3) is 5.91 Å². The highest BCUT2D eigenvalue weighted by molar-refractivity contribution is 5.96. The number of alkyl halides is 5. The molecular formula is C15H9F5NO. The van der Waals surface area contributed by atoms with Gasteiger partial charge in [-0.15, -0.1) is 0 Å². The third kappa shape index (κ3) is 3.41. The molecule has 1 radical (unpaired) electrons. The molecule has 2 nitrogen and oxygen atoms in total. The Morgan fingerprint density at radius 1 is 0.955 bits per heavy atom. The first-order valence-electron chi connectivity index (χ1n) is 6.04. The first kappa shape index (κ1) is 15.9. The smallest absolute Gasteiger partial charge is 0.321 e. The lowest BCUT2D eigenvalue weighted by molar-refractivity contribution is -0.142. The van der Waals surface area contributed by atoms with Gasteiger partial charge in [0.1, 0.15) is 0 Å². The van der Waals surface area contributed by atoms with Gasteiger partial charge in [-0.25, -0.2) is 0 Å². The summed E-state index contributed by atoms with van der Waals surface area (Å²) in [5.41, 5.74) is -2.25. The number of anilines is 1. The fraction of sp³-hybridized carbons (Fsp3) is 0.133. The highest BCUT2D eigenvalue weighted by Gasteiger charge is 2.42. The van der Waals surface area contributed by atoms with Crippen LogP contribution in [0.4, 0.5) is 27.6 Å². The van der Waals surface area contributed by atoms with Gasteiger partial charge in [-0.1, -0.05) is 18.2 Å². The Morgan fingerprint density at radius 2 is 1.55 bits per heavy atom.